The number of aromatic nitrogens is 3. The lowest BCUT2D eigenvalue weighted by molar-refractivity contribution is 0.586. The van der Waals surface area contributed by atoms with Gasteiger partial charge < -0.3 is 5.32 Å². The minimum Gasteiger partial charge on any atom is -0.310 e. The second-order valence-electron chi connectivity index (χ2n) is 4.63. The van der Waals surface area contributed by atoms with Crippen LogP contribution in [-0.4, -0.2) is 20.8 Å². The van der Waals surface area contributed by atoms with E-state index in [-0.39, 0.29) is 0 Å². The van der Waals surface area contributed by atoms with Gasteiger partial charge in [0.05, 0.1) is 18.1 Å². The molecule has 0 fully saturated rings. The van der Waals surface area contributed by atoms with Crippen molar-refractivity contribution in [1.29, 1.82) is 0 Å². The first-order valence-electron chi connectivity index (χ1n) is 6.42. The number of nitrogens with zero attached hydrogens (tertiary/aromatic N) is 3. The van der Waals surface area contributed by atoms with Crippen LogP contribution >= 0.6 is 0 Å². The lowest BCUT2D eigenvalue weighted by Crippen LogP contribution is -2.22. The van der Waals surface area contributed by atoms with Crippen LogP contribution in [0.25, 0.3) is 5.69 Å². The van der Waals surface area contributed by atoms with E-state index >= 15 is 0 Å². The second-order valence-corrected chi connectivity index (χ2v) is 4.63. The molecule has 2 aromatic rings. The van der Waals surface area contributed by atoms with Gasteiger partial charge in [-0.25, -0.2) is 4.68 Å². The fourth-order valence-electron chi connectivity index (χ4n) is 1.95. The van der Waals surface area contributed by atoms with E-state index in [1.54, 1.807) is 6.20 Å². The Bertz CT molecular complexity index is 488. The maximum atomic E-state index is 4.47. The molecule has 2 aromatic heterocycles. The fourth-order valence-corrected chi connectivity index (χ4v) is 1.95. The van der Waals surface area contributed by atoms with E-state index in [9.17, 15) is 0 Å². The fraction of sp³-hybridized carbons (Fsp3) is 0.429. The summed E-state index contributed by atoms with van der Waals surface area (Å²) in [6.07, 6.45) is 6.52. The van der Waals surface area contributed by atoms with Crippen molar-refractivity contribution in [3.8, 4) is 5.69 Å². The van der Waals surface area contributed by atoms with Crippen molar-refractivity contribution in [2.75, 3.05) is 0 Å². The lowest BCUT2D eigenvalue weighted by Gasteiger charge is -2.10. The molecule has 0 atom stereocenters. The molecular weight excluding hydrogens is 224 g/mol. The van der Waals surface area contributed by atoms with E-state index < -0.39 is 0 Å². The molecule has 1 N–H and O–H groups in total. The monoisotopic (exact) mass is 244 g/mol. The largest absolute Gasteiger partial charge is 0.310 e. The normalized spacial score (nSPS) is 11.1. The zero-order chi connectivity index (χ0) is 13.0. The van der Waals surface area contributed by atoms with Crippen LogP contribution in [0.2, 0.25) is 0 Å². The van der Waals surface area contributed by atoms with Crippen LogP contribution in [0.4, 0.5) is 0 Å². The molecule has 0 amide bonds. The summed E-state index contributed by atoms with van der Waals surface area (Å²) in [6, 6.07) is 4.44. The summed E-state index contributed by atoms with van der Waals surface area (Å²) in [4.78, 5) is 4.14. The average Bonchev–Trinajstić information content (AvgIpc) is 2.80. The van der Waals surface area contributed by atoms with Crippen LogP contribution in [-0.2, 0) is 13.0 Å². The standard InChI is InChI=1S/C14H20N4/c1-4-14-12(8-16-11(2)3)9-17-18(14)13-6-5-7-15-10-13/h5-7,9-11,16H,4,8H2,1-3H3. The molecule has 0 aliphatic heterocycles. The third-order valence-electron chi connectivity index (χ3n) is 2.88. The van der Waals surface area contributed by atoms with Crippen LogP contribution in [0.5, 0.6) is 0 Å². The molecule has 2 heterocycles. The molecule has 18 heavy (non-hydrogen) atoms. The van der Waals surface area contributed by atoms with Crippen molar-refractivity contribution in [2.45, 2.75) is 39.8 Å². The maximum Gasteiger partial charge on any atom is 0.0832 e. The van der Waals surface area contributed by atoms with E-state index in [4.69, 9.17) is 0 Å². The first-order chi connectivity index (χ1) is 8.72. The minimum atomic E-state index is 0.483. The highest BCUT2D eigenvalue weighted by atomic mass is 15.3. The van der Waals surface area contributed by atoms with Crippen LogP contribution in [0.15, 0.2) is 30.7 Å². The average molecular weight is 244 g/mol. The third-order valence-corrected chi connectivity index (χ3v) is 2.88. The summed E-state index contributed by atoms with van der Waals surface area (Å²) in [5.41, 5.74) is 3.52. The van der Waals surface area contributed by atoms with Gasteiger partial charge in [0.25, 0.3) is 0 Å². The highest BCUT2D eigenvalue weighted by molar-refractivity contribution is 5.32. The summed E-state index contributed by atoms with van der Waals surface area (Å²) in [6.45, 7) is 7.32. The van der Waals surface area contributed by atoms with Gasteiger partial charge >= 0.3 is 0 Å². The predicted molar refractivity (Wildman–Crippen MR) is 72.7 cm³/mol. The molecule has 0 aliphatic rings. The van der Waals surface area contributed by atoms with Gasteiger partial charge in [-0.05, 0) is 18.6 Å². The molecule has 0 unspecified atom stereocenters. The van der Waals surface area contributed by atoms with Gasteiger partial charge in [-0.1, -0.05) is 20.8 Å². The minimum absolute atomic E-state index is 0.483. The van der Waals surface area contributed by atoms with E-state index in [0.717, 1.165) is 18.7 Å². The van der Waals surface area contributed by atoms with Crippen LogP contribution < -0.4 is 5.32 Å². The van der Waals surface area contributed by atoms with Crippen molar-refractivity contribution in [2.24, 2.45) is 0 Å². The van der Waals surface area contributed by atoms with Crippen molar-refractivity contribution >= 4 is 0 Å². The third kappa shape index (κ3) is 2.76. The van der Waals surface area contributed by atoms with E-state index in [1.807, 2.05) is 29.2 Å². The summed E-state index contributed by atoms with van der Waals surface area (Å²) >= 11 is 0. The Kier molecular flexibility index (Phi) is 4.10. The molecular formula is C14H20N4. The van der Waals surface area contributed by atoms with Crippen LogP contribution in [0, 0.1) is 0 Å². The van der Waals surface area contributed by atoms with Gasteiger partial charge in [0.2, 0.25) is 0 Å². The highest BCUT2D eigenvalue weighted by Gasteiger charge is 2.10. The number of hydrogen-bond acceptors (Lipinski definition) is 3. The number of rotatable bonds is 5. The Hall–Kier alpha value is -1.68. The first-order valence-corrected chi connectivity index (χ1v) is 6.42. The summed E-state index contributed by atoms with van der Waals surface area (Å²) in [5.74, 6) is 0. The molecule has 0 aliphatic carbocycles. The lowest BCUT2D eigenvalue weighted by atomic mass is 10.2. The van der Waals surface area contributed by atoms with E-state index in [1.165, 1.54) is 11.3 Å². The summed E-state index contributed by atoms with van der Waals surface area (Å²) in [5, 5.41) is 7.90. The van der Waals surface area contributed by atoms with Gasteiger partial charge in [0.1, 0.15) is 0 Å². The van der Waals surface area contributed by atoms with Gasteiger partial charge in [0.15, 0.2) is 0 Å². The van der Waals surface area contributed by atoms with Gasteiger partial charge in [-0.15, -0.1) is 0 Å². The maximum absolute atomic E-state index is 4.47. The van der Waals surface area contributed by atoms with Gasteiger partial charge in [-0.3, -0.25) is 4.98 Å². The Morgan fingerprint density at radius 1 is 1.33 bits per heavy atom. The zero-order valence-electron chi connectivity index (χ0n) is 11.2. The van der Waals surface area contributed by atoms with E-state index in [0.29, 0.717) is 6.04 Å². The number of nitrogens with one attached hydrogen (secondary N) is 1. The highest BCUT2D eigenvalue weighted by Crippen LogP contribution is 2.14. The smallest absolute Gasteiger partial charge is 0.0832 e. The molecule has 0 bridgehead atoms. The summed E-state index contributed by atoms with van der Waals surface area (Å²) in [7, 11) is 0. The second kappa shape index (κ2) is 5.78. The van der Waals surface area contributed by atoms with E-state index in [2.05, 4.69) is 36.2 Å². The number of pyridine rings is 1. The Morgan fingerprint density at radius 3 is 2.78 bits per heavy atom. The molecule has 0 saturated heterocycles. The predicted octanol–water partition coefficient (Wildman–Crippen LogP) is 2.33. The Morgan fingerprint density at radius 2 is 2.17 bits per heavy atom. The molecule has 0 spiro atoms. The molecule has 0 aromatic carbocycles. The molecule has 0 saturated carbocycles. The van der Waals surface area contributed by atoms with Crippen molar-refractivity contribution in [1.82, 2.24) is 20.1 Å². The molecule has 4 heteroatoms. The van der Waals surface area contributed by atoms with Gasteiger partial charge in [-0.2, -0.15) is 5.10 Å². The van der Waals surface area contributed by atoms with Crippen molar-refractivity contribution < 1.29 is 0 Å². The summed E-state index contributed by atoms with van der Waals surface area (Å²) < 4.78 is 1.98. The topological polar surface area (TPSA) is 42.7 Å². The molecule has 2 rings (SSSR count). The molecule has 96 valence electrons. The van der Waals surface area contributed by atoms with Gasteiger partial charge in [0, 0.05) is 30.0 Å². The Labute approximate surface area is 108 Å². The molecule has 0 radical (unpaired) electrons. The SMILES string of the molecule is CCc1c(CNC(C)C)cnn1-c1cccnc1. The van der Waals surface area contributed by atoms with Crippen LogP contribution in [0.3, 0.4) is 0 Å². The van der Waals surface area contributed by atoms with Crippen molar-refractivity contribution in [3.05, 3.63) is 42.0 Å². The zero-order valence-corrected chi connectivity index (χ0v) is 11.2. The van der Waals surface area contributed by atoms with Crippen molar-refractivity contribution in [3.63, 3.8) is 0 Å². The molecule has 4 nitrogen and oxygen atoms in total. The number of hydrogen-bond donors (Lipinski definition) is 1. The quantitative estimate of drug-likeness (QED) is 0.877. The van der Waals surface area contributed by atoms with Crippen LogP contribution in [0.1, 0.15) is 32.0 Å². The Balaban J connectivity index is 2.27. The first kappa shape index (κ1) is 12.8.